The summed E-state index contributed by atoms with van der Waals surface area (Å²) in [6.07, 6.45) is 0. The zero-order valence-corrected chi connectivity index (χ0v) is 12.1. The lowest BCUT2D eigenvalue weighted by molar-refractivity contribution is -0.384. The van der Waals surface area contributed by atoms with Gasteiger partial charge in [-0.15, -0.1) is 0 Å². The second-order valence-corrected chi connectivity index (χ2v) is 5.44. The van der Waals surface area contributed by atoms with Crippen LogP contribution in [0.15, 0.2) is 36.4 Å². The molecule has 2 heterocycles. The predicted octanol–water partition coefficient (Wildman–Crippen LogP) is 3.66. The molecule has 2 aromatic carbocycles. The summed E-state index contributed by atoms with van der Waals surface area (Å²) in [6.45, 7) is 1.13. The van der Waals surface area contributed by atoms with Gasteiger partial charge in [0.15, 0.2) is 0 Å². The van der Waals surface area contributed by atoms with E-state index in [1.165, 1.54) is 12.1 Å². The first-order chi connectivity index (χ1) is 10.6. The summed E-state index contributed by atoms with van der Waals surface area (Å²) in [7, 11) is 0. The highest BCUT2D eigenvalue weighted by atomic mass is 35.5. The number of ether oxygens (including phenoxy) is 1. The van der Waals surface area contributed by atoms with E-state index in [2.05, 4.69) is 4.98 Å². The van der Waals surface area contributed by atoms with E-state index >= 15 is 0 Å². The van der Waals surface area contributed by atoms with Crippen molar-refractivity contribution in [3.05, 3.63) is 51.5 Å². The Kier molecular flexibility index (Phi) is 2.80. The maximum Gasteiger partial charge on any atom is 0.271 e. The van der Waals surface area contributed by atoms with Crippen molar-refractivity contribution in [1.82, 2.24) is 9.55 Å². The molecule has 1 aliphatic rings. The first-order valence-corrected chi connectivity index (χ1v) is 7.09. The smallest absolute Gasteiger partial charge is 0.271 e. The van der Waals surface area contributed by atoms with Crippen molar-refractivity contribution < 1.29 is 9.66 Å². The number of fused-ring (bicyclic) bond motifs is 5. The number of non-ortho nitro benzene ring substituents is 1. The summed E-state index contributed by atoms with van der Waals surface area (Å²) in [5.41, 5.74) is 2.27. The van der Waals surface area contributed by atoms with Gasteiger partial charge in [0.1, 0.15) is 18.2 Å². The number of halogens is 1. The highest BCUT2D eigenvalue weighted by molar-refractivity contribution is 6.31. The largest absolute Gasteiger partial charge is 0.491 e. The van der Waals surface area contributed by atoms with Crippen LogP contribution >= 0.6 is 11.6 Å². The molecule has 3 aromatic rings. The highest BCUT2D eigenvalue weighted by Crippen LogP contribution is 2.36. The SMILES string of the molecule is O=[N+]([O-])c1ccc2c(c1)nc1n2CCOc2ccc(Cl)cc2-1. The molecule has 0 unspecified atom stereocenters. The molecule has 0 aliphatic carbocycles. The van der Waals surface area contributed by atoms with E-state index in [1.807, 2.05) is 10.6 Å². The van der Waals surface area contributed by atoms with Gasteiger partial charge in [-0.3, -0.25) is 10.1 Å². The van der Waals surface area contributed by atoms with Gasteiger partial charge in [0, 0.05) is 17.2 Å². The van der Waals surface area contributed by atoms with Crippen LogP contribution in [0.2, 0.25) is 5.02 Å². The molecular weight excluding hydrogens is 306 g/mol. The number of benzene rings is 2. The molecule has 0 radical (unpaired) electrons. The van der Waals surface area contributed by atoms with Gasteiger partial charge in [-0.2, -0.15) is 0 Å². The lowest BCUT2D eigenvalue weighted by atomic mass is 10.2. The van der Waals surface area contributed by atoms with Crippen LogP contribution in [0.4, 0.5) is 5.69 Å². The minimum atomic E-state index is -0.419. The minimum absolute atomic E-state index is 0.0309. The topological polar surface area (TPSA) is 70.2 Å². The number of rotatable bonds is 1. The van der Waals surface area contributed by atoms with Crippen LogP contribution < -0.4 is 4.74 Å². The van der Waals surface area contributed by atoms with E-state index in [-0.39, 0.29) is 5.69 Å². The molecule has 110 valence electrons. The fourth-order valence-electron chi connectivity index (χ4n) is 2.71. The van der Waals surface area contributed by atoms with Crippen LogP contribution in [-0.2, 0) is 6.54 Å². The summed E-state index contributed by atoms with van der Waals surface area (Å²) >= 11 is 6.08. The Morgan fingerprint density at radius 3 is 2.95 bits per heavy atom. The van der Waals surface area contributed by atoms with Crippen LogP contribution in [-0.4, -0.2) is 21.1 Å². The second kappa shape index (κ2) is 4.71. The van der Waals surface area contributed by atoms with Crippen molar-refractivity contribution in [3.63, 3.8) is 0 Å². The van der Waals surface area contributed by atoms with Crippen molar-refractivity contribution in [3.8, 4) is 17.1 Å². The molecule has 1 aliphatic heterocycles. The molecule has 0 bridgehead atoms. The molecule has 0 saturated heterocycles. The van der Waals surface area contributed by atoms with Gasteiger partial charge in [-0.25, -0.2) is 4.98 Å². The second-order valence-electron chi connectivity index (χ2n) is 5.01. The molecule has 0 amide bonds. The van der Waals surface area contributed by atoms with Crippen LogP contribution in [0.25, 0.3) is 22.4 Å². The third kappa shape index (κ3) is 1.92. The average Bonchev–Trinajstić information content (AvgIpc) is 2.77. The maximum atomic E-state index is 10.9. The van der Waals surface area contributed by atoms with Gasteiger partial charge in [-0.05, 0) is 24.3 Å². The molecule has 22 heavy (non-hydrogen) atoms. The lowest BCUT2D eigenvalue weighted by Crippen LogP contribution is -2.05. The monoisotopic (exact) mass is 315 g/mol. The van der Waals surface area contributed by atoms with Gasteiger partial charge in [-0.1, -0.05) is 11.6 Å². The Hall–Kier alpha value is -2.60. The van der Waals surface area contributed by atoms with E-state index in [0.717, 1.165) is 11.1 Å². The van der Waals surface area contributed by atoms with Crippen molar-refractivity contribution >= 4 is 28.3 Å². The Balaban J connectivity index is 2.01. The summed E-state index contributed by atoms with van der Waals surface area (Å²) in [6, 6.07) is 10.1. The standard InChI is InChI=1S/C15H10ClN3O3/c16-9-1-4-14-11(7-9)15-17-12-8-10(19(20)21)2-3-13(12)18(15)5-6-22-14/h1-4,7-8H,5-6H2. The number of hydrogen-bond donors (Lipinski definition) is 0. The van der Waals surface area contributed by atoms with Gasteiger partial charge in [0.05, 0.1) is 28.1 Å². The number of nitrogens with zero attached hydrogens (tertiary/aromatic N) is 3. The normalized spacial score (nSPS) is 13.1. The summed E-state index contributed by atoms with van der Waals surface area (Å²) in [4.78, 5) is 15.1. The minimum Gasteiger partial charge on any atom is -0.491 e. The quantitative estimate of drug-likeness (QED) is 0.507. The Morgan fingerprint density at radius 1 is 1.27 bits per heavy atom. The predicted molar refractivity (Wildman–Crippen MR) is 82.3 cm³/mol. The number of hydrogen-bond acceptors (Lipinski definition) is 4. The van der Waals surface area contributed by atoms with Crippen LogP contribution in [0.1, 0.15) is 0 Å². The van der Waals surface area contributed by atoms with Crippen molar-refractivity contribution in [2.45, 2.75) is 6.54 Å². The van der Waals surface area contributed by atoms with Gasteiger partial charge < -0.3 is 9.30 Å². The van der Waals surface area contributed by atoms with E-state index in [4.69, 9.17) is 16.3 Å². The zero-order valence-electron chi connectivity index (χ0n) is 11.3. The average molecular weight is 316 g/mol. The summed E-state index contributed by atoms with van der Waals surface area (Å²) in [5.74, 6) is 1.43. The number of aromatic nitrogens is 2. The first-order valence-electron chi connectivity index (χ1n) is 6.71. The molecule has 4 rings (SSSR count). The molecule has 0 N–H and O–H groups in total. The van der Waals surface area contributed by atoms with Crippen molar-refractivity contribution in [2.24, 2.45) is 0 Å². The first kappa shape index (κ1) is 13.1. The Bertz CT molecular complexity index is 920. The summed E-state index contributed by atoms with van der Waals surface area (Å²) < 4.78 is 7.73. The van der Waals surface area contributed by atoms with Crippen LogP contribution in [0.3, 0.4) is 0 Å². The van der Waals surface area contributed by atoms with Gasteiger partial charge >= 0.3 is 0 Å². The third-order valence-electron chi connectivity index (χ3n) is 3.70. The lowest BCUT2D eigenvalue weighted by Gasteiger charge is -2.05. The molecule has 0 atom stereocenters. The van der Waals surface area contributed by atoms with Crippen LogP contribution in [0.5, 0.6) is 5.75 Å². The third-order valence-corrected chi connectivity index (χ3v) is 3.93. The van der Waals surface area contributed by atoms with Crippen molar-refractivity contribution in [2.75, 3.05) is 6.61 Å². The maximum absolute atomic E-state index is 10.9. The number of imidazole rings is 1. The number of nitro benzene ring substituents is 1. The van der Waals surface area contributed by atoms with E-state index in [0.29, 0.717) is 35.3 Å². The fourth-order valence-corrected chi connectivity index (χ4v) is 2.89. The molecule has 0 saturated carbocycles. The van der Waals surface area contributed by atoms with Gasteiger partial charge in [0.2, 0.25) is 0 Å². The molecule has 6 nitrogen and oxygen atoms in total. The number of nitro groups is 1. The molecule has 0 spiro atoms. The zero-order chi connectivity index (χ0) is 15.3. The summed E-state index contributed by atoms with van der Waals surface area (Å²) in [5, 5.41) is 11.5. The molecule has 7 heteroatoms. The van der Waals surface area contributed by atoms with Crippen LogP contribution in [0, 0.1) is 10.1 Å². The Labute approximate surface area is 130 Å². The van der Waals surface area contributed by atoms with Gasteiger partial charge in [0.25, 0.3) is 5.69 Å². The van der Waals surface area contributed by atoms with E-state index in [9.17, 15) is 10.1 Å². The Morgan fingerprint density at radius 2 is 2.14 bits per heavy atom. The fraction of sp³-hybridized carbons (Fsp3) is 0.133. The van der Waals surface area contributed by atoms with E-state index < -0.39 is 4.92 Å². The molecular formula is C15H10ClN3O3. The van der Waals surface area contributed by atoms with E-state index in [1.54, 1.807) is 18.2 Å². The highest BCUT2D eigenvalue weighted by Gasteiger charge is 2.21. The van der Waals surface area contributed by atoms with Crippen molar-refractivity contribution in [1.29, 1.82) is 0 Å². The molecule has 0 fully saturated rings. The molecule has 1 aromatic heterocycles.